The summed E-state index contributed by atoms with van der Waals surface area (Å²) >= 11 is 0. The van der Waals surface area contributed by atoms with E-state index in [0.29, 0.717) is 12.2 Å². The molecule has 0 aliphatic carbocycles. The van der Waals surface area contributed by atoms with Gasteiger partial charge in [-0.25, -0.2) is 0 Å². The van der Waals surface area contributed by atoms with Gasteiger partial charge in [-0.1, -0.05) is 6.07 Å². The minimum Gasteiger partial charge on any atom is -0.480 e. The summed E-state index contributed by atoms with van der Waals surface area (Å²) < 4.78 is 42.5. The number of hydrogen-bond donors (Lipinski definition) is 1. The fourth-order valence-corrected chi connectivity index (χ4v) is 2.35. The van der Waals surface area contributed by atoms with Crippen LogP contribution in [0.25, 0.3) is 0 Å². The number of aliphatic hydroxyl groups excluding tert-OH is 1. The SMILES string of the molecule is Cc1cc2c(cc1C)OC(C(=O)N(C)CC(O)C(F)(F)F)C2. The molecule has 22 heavy (non-hydrogen) atoms. The number of halogens is 3. The van der Waals surface area contributed by atoms with Crippen LogP contribution in [0.2, 0.25) is 0 Å². The molecule has 1 heterocycles. The van der Waals surface area contributed by atoms with Crippen LogP contribution in [0.3, 0.4) is 0 Å². The lowest BCUT2D eigenvalue weighted by molar-refractivity contribution is -0.208. The molecule has 1 amide bonds. The number of amides is 1. The van der Waals surface area contributed by atoms with E-state index in [-0.39, 0.29) is 0 Å². The Morgan fingerprint density at radius 3 is 2.59 bits per heavy atom. The van der Waals surface area contributed by atoms with Gasteiger partial charge in [0.05, 0.1) is 6.54 Å². The number of carbonyl (C=O) groups is 1. The largest absolute Gasteiger partial charge is 0.480 e. The van der Waals surface area contributed by atoms with Crippen LogP contribution in [0, 0.1) is 13.8 Å². The van der Waals surface area contributed by atoms with E-state index in [1.165, 1.54) is 7.05 Å². The lowest BCUT2D eigenvalue weighted by atomic mass is 10.0. The first-order valence-corrected chi connectivity index (χ1v) is 6.86. The summed E-state index contributed by atoms with van der Waals surface area (Å²) in [6.45, 7) is 3.05. The molecule has 0 bridgehead atoms. The Morgan fingerprint density at radius 1 is 1.41 bits per heavy atom. The van der Waals surface area contributed by atoms with E-state index in [1.807, 2.05) is 26.0 Å². The average Bonchev–Trinajstić information content (AvgIpc) is 2.79. The molecule has 2 unspecified atom stereocenters. The number of alkyl halides is 3. The van der Waals surface area contributed by atoms with Gasteiger partial charge in [0.2, 0.25) is 0 Å². The molecule has 4 nitrogen and oxygen atoms in total. The Kier molecular flexibility index (Phi) is 4.37. The van der Waals surface area contributed by atoms with Gasteiger partial charge in [-0.2, -0.15) is 13.2 Å². The van der Waals surface area contributed by atoms with Gasteiger partial charge in [-0.15, -0.1) is 0 Å². The zero-order chi connectivity index (χ0) is 16.7. The van der Waals surface area contributed by atoms with Crippen molar-refractivity contribution in [3.05, 3.63) is 28.8 Å². The van der Waals surface area contributed by atoms with E-state index in [2.05, 4.69) is 0 Å². The van der Waals surface area contributed by atoms with Crippen LogP contribution in [0.1, 0.15) is 16.7 Å². The maximum atomic E-state index is 12.3. The zero-order valence-electron chi connectivity index (χ0n) is 12.6. The topological polar surface area (TPSA) is 49.8 Å². The molecule has 2 atom stereocenters. The van der Waals surface area contributed by atoms with Crippen LogP contribution in [0.15, 0.2) is 12.1 Å². The van der Waals surface area contributed by atoms with Crippen LogP contribution < -0.4 is 4.74 Å². The van der Waals surface area contributed by atoms with Crippen molar-refractivity contribution >= 4 is 5.91 Å². The van der Waals surface area contributed by atoms with Gasteiger partial charge >= 0.3 is 6.18 Å². The van der Waals surface area contributed by atoms with E-state index < -0.39 is 30.8 Å². The summed E-state index contributed by atoms with van der Waals surface area (Å²) in [5, 5.41) is 9.03. The number of benzene rings is 1. The third kappa shape index (κ3) is 3.35. The van der Waals surface area contributed by atoms with Crippen molar-refractivity contribution in [3.8, 4) is 5.75 Å². The van der Waals surface area contributed by atoms with Crippen LogP contribution in [0.5, 0.6) is 5.75 Å². The molecule has 7 heteroatoms. The van der Waals surface area contributed by atoms with Gasteiger partial charge in [0.25, 0.3) is 5.91 Å². The lowest BCUT2D eigenvalue weighted by Crippen LogP contribution is -2.46. The molecule has 2 rings (SSSR count). The molecule has 0 aromatic heterocycles. The maximum absolute atomic E-state index is 12.3. The Morgan fingerprint density at radius 2 is 2.00 bits per heavy atom. The third-order valence-electron chi connectivity index (χ3n) is 3.83. The molecule has 122 valence electrons. The molecule has 1 aliphatic rings. The van der Waals surface area contributed by atoms with Crippen molar-refractivity contribution in [1.29, 1.82) is 0 Å². The number of likely N-dealkylation sites (N-methyl/N-ethyl adjacent to an activating group) is 1. The van der Waals surface area contributed by atoms with Gasteiger partial charge in [-0.05, 0) is 36.6 Å². The Bertz CT molecular complexity index is 555. The maximum Gasteiger partial charge on any atom is 0.416 e. The summed E-state index contributed by atoms with van der Waals surface area (Å²) in [6.07, 6.45) is -7.83. The molecular formula is C15H18F3NO3. The Balaban J connectivity index is 2.03. The van der Waals surface area contributed by atoms with Crippen molar-refractivity contribution in [2.24, 2.45) is 0 Å². The van der Waals surface area contributed by atoms with Crippen molar-refractivity contribution in [2.75, 3.05) is 13.6 Å². The lowest BCUT2D eigenvalue weighted by Gasteiger charge is -2.24. The van der Waals surface area contributed by atoms with Gasteiger partial charge in [-0.3, -0.25) is 4.79 Å². The van der Waals surface area contributed by atoms with E-state index in [1.54, 1.807) is 0 Å². The number of nitrogens with zero attached hydrogens (tertiary/aromatic N) is 1. The molecule has 1 aromatic rings. The highest BCUT2D eigenvalue weighted by atomic mass is 19.4. The van der Waals surface area contributed by atoms with Crippen LogP contribution >= 0.6 is 0 Å². The summed E-state index contributed by atoms with van der Waals surface area (Å²) in [5.74, 6) is 0.0148. The van der Waals surface area contributed by atoms with Gasteiger partial charge in [0.15, 0.2) is 12.2 Å². The smallest absolute Gasteiger partial charge is 0.416 e. The zero-order valence-corrected chi connectivity index (χ0v) is 12.6. The summed E-state index contributed by atoms with van der Waals surface area (Å²) in [6, 6.07) is 3.74. The highest BCUT2D eigenvalue weighted by molar-refractivity contribution is 5.82. The molecule has 0 fully saturated rings. The first kappa shape index (κ1) is 16.6. The standard InChI is InChI=1S/C15H18F3NO3/c1-8-4-10-6-12(22-11(10)5-9(8)2)14(21)19(3)7-13(20)15(16,17)18/h4-5,12-13,20H,6-7H2,1-3H3. The normalized spacial score (nSPS) is 18.6. The number of aliphatic hydroxyl groups is 1. The van der Waals surface area contributed by atoms with Crippen LogP contribution in [0.4, 0.5) is 13.2 Å². The molecule has 0 radical (unpaired) electrons. The number of hydrogen-bond acceptors (Lipinski definition) is 3. The number of fused-ring (bicyclic) bond motifs is 1. The number of rotatable bonds is 3. The van der Waals surface area contributed by atoms with E-state index in [0.717, 1.165) is 21.6 Å². The summed E-state index contributed by atoms with van der Waals surface area (Å²) in [5.41, 5.74) is 2.95. The highest BCUT2D eigenvalue weighted by Crippen LogP contribution is 2.32. The molecule has 1 aliphatic heterocycles. The molecule has 1 N–H and O–H groups in total. The van der Waals surface area contributed by atoms with Crippen molar-refractivity contribution < 1.29 is 27.8 Å². The molecule has 0 spiro atoms. The minimum absolute atomic E-state index is 0.321. The molecule has 1 aromatic carbocycles. The first-order valence-electron chi connectivity index (χ1n) is 6.86. The number of aryl methyl sites for hydroxylation is 2. The Hall–Kier alpha value is -1.76. The summed E-state index contributed by atoms with van der Waals surface area (Å²) in [7, 11) is 1.22. The van der Waals surface area contributed by atoms with Gasteiger partial charge < -0.3 is 14.7 Å². The van der Waals surface area contributed by atoms with Crippen molar-refractivity contribution in [3.63, 3.8) is 0 Å². The number of ether oxygens (including phenoxy) is 1. The van der Waals surface area contributed by atoms with Crippen molar-refractivity contribution in [1.82, 2.24) is 4.90 Å². The average molecular weight is 317 g/mol. The predicted octanol–water partition coefficient (Wildman–Crippen LogP) is 1.99. The molecular weight excluding hydrogens is 299 g/mol. The number of carbonyl (C=O) groups excluding carboxylic acids is 1. The second-order valence-corrected chi connectivity index (χ2v) is 5.63. The van der Waals surface area contributed by atoms with Crippen LogP contribution in [-0.4, -0.2) is 47.9 Å². The monoisotopic (exact) mass is 317 g/mol. The Labute approximate surface area is 126 Å². The van der Waals surface area contributed by atoms with Gasteiger partial charge in [0.1, 0.15) is 5.75 Å². The second kappa shape index (κ2) is 5.79. The summed E-state index contributed by atoms with van der Waals surface area (Å²) in [4.78, 5) is 13.0. The highest BCUT2D eigenvalue weighted by Gasteiger charge is 2.40. The predicted molar refractivity (Wildman–Crippen MR) is 73.7 cm³/mol. The quantitative estimate of drug-likeness (QED) is 0.927. The van der Waals surface area contributed by atoms with E-state index in [4.69, 9.17) is 9.84 Å². The van der Waals surface area contributed by atoms with E-state index in [9.17, 15) is 18.0 Å². The molecule has 0 saturated carbocycles. The minimum atomic E-state index is -4.75. The van der Waals surface area contributed by atoms with Crippen LogP contribution in [-0.2, 0) is 11.2 Å². The second-order valence-electron chi connectivity index (χ2n) is 5.63. The third-order valence-corrected chi connectivity index (χ3v) is 3.83. The molecule has 0 saturated heterocycles. The first-order chi connectivity index (χ1) is 10.1. The van der Waals surface area contributed by atoms with Gasteiger partial charge in [0, 0.05) is 13.5 Å². The van der Waals surface area contributed by atoms with E-state index >= 15 is 0 Å². The fraction of sp³-hybridized carbons (Fsp3) is 0.533. The van der Waals surface area contributed by atoms with Crippen molar-refractivity contribution in [2.45, 2.75) is 38.7 Å². The fourth-order valence-electron chi connectivity index (χ4n) is 2.35.